The molecule has 21 heavy (non-hydrogen) atoms. The molecule has 1 aromatic heterocycles. The summed E-state index contributed by atoms with van der Waals surface area (Å²) in [5, 5.41) is 5.11. The zero-order valence-electron chi connectivity index (χ0n) is 11.1. The molecule has 0 bridgehead atoms. The Morgan fingerprint density at radius 2 is 1.86 bits per heavy atom. The standard InChI is InChI=1S/C16H13ClFN3/c17-12-2-1-3-15(8-12)21-16(9-14(10-19)20-21)11-4-6-13(18)7-5-11/h1-9H,10,19H2. The van der Waals surface area contributed by atoms with E-state index in [1.807, 2.05) is 24.3 Å². The van der Waals surface area contributed by atoms with Gasteiger partial charge in [0.15, 0.2) is 0 Å². The summed E-state index contributed by atoms with van der Waals surface area (Å²) in [7, 11) is 0. The first-order valence-electron chi connectivity index (χ1n) is 6.48. The van der Waals surface area contributed by atoms with Crippen LogP contribution in [0.25, 0.3) is 16.9 Å². The van der Waals surface area contributed by atoms with Gasteiger partial charge in [-0.2, -0.15) is 5.10 Å². The summed E-state index contributed by atoms with van der Waals surface area (Å²) in [4.78, 5) is 0. The van der Waals surface area contributed by atoms with E-state index in [9.17, 15) is 4.39 Å². The quantitative estimate of drug-likeness (QED) is 0.800. The fourth-order valence-electron chi connectivity index (χ4n) is 2.16. The second-order valence-electron chi connectivity index (χ2n) is 4.62. The summed E-state index contributed by atoms with van der Waals surface area (Å²) >= 11 is 6.04. The van der Waals surface area contributed by atoms with Crippen LogP contribution in [0.15, 0.2) is 54.6 Å². The van der Waals surface area contributed by atoms with E-state index in [1.54, 1.807) is 22.9 Å². The van der Waals surface area contributed by atoms with Gasteiger partial charge >= 0.3 is 0 Å². The summed E-state index contributed by atoms with van der Waals surface area (Å²) in [6.45, 7) is 0.335. The van der Waals surface area contributed by atoms with Crippen LogP contribution in [-0.2, 0) is 6.54 Å². The Labute approximate surface area is 126 Å². The zero-order chi connectivity index (χ0) is 14.8. The highest BCUT2D eigenvalue weighted by atomic mass is 35.5. The van der Waals surface area contributed by atoms with Crippen molar-refractivity contribution in [2.45, 2.75) is 6.54 Å². The van der Waals surface area contributed by atoms with Gasteiger partial charge in [0, 0.05) is 17.1 Å². The van der Waals surface area contributed by atoms with Crippen molar-refractivity contribution in [2.75, 3.05) is 0 Å². The highest BCUT2D eigenvalue weighted by molar-refractivity contribution is 6.30. The minimum Gasteiger partial charge on any atom is -0.325 e. The second kappa shape index (κ2) is 5.68. The van der Waals surface area contributed by atoms with E-state index in [0.717, 1.165) is 22.6 Å². The van der Waals surface area contributed by atoms with Gasteiger partial charge in [0.1, 0.15) is 5.82 Å². The molecule has 3 aromatic rings. The predicted molar refractivity (Wildman–Crippen MR) is 81.9 cm³/mol. The van der Waals surface area contributed by atoms with E-state index in [0.29, 0.717) is 11.6 Å². The van der Waals surface area contributed by atoms with Crippen LogP contribution in [0, 0.1) is 5.82 Å². The summed E-state index contributed by atoms with van der Waals surface area (Å²) in [5.74, 6) is -0.272. The molecule has 2 N–H and O–H groups in total. The van der Waals surface area contributed by atoms with E-state index in [2.05, 4.69) is 5.10 Å². The van der Waals surface area contributed by atoms with Gasteiger partial charge in [-0.3, -0.25) is 0 Å². The van der Waals surface area contributed by atoms with Crippen LogP contribution in [0.3, 0.4) is 0 Å². The first kappa shape index (κ1) is 13.8. The molecule has 3 nitrogen and oxygen atoms in total. The first-order valence-corrected chi connectivity index (χ1v) is 6.86. The molecule has 1 heterocycles. The molecule has 3 rings (SSSR count). The van der Waals surface area contributed by atoms with Crippen molar-refractivity contribution in [1.29, 1.82) is 0 Å². The number of hydrogen-bond acceptors (Lipinski definition) is 2. The number of hydrogen-bond donors (Lipinski definition) is 1. The van der Waals surface area contributed by atoms with Crippen LogP contribution in [0.2, 0.25) is 5.02 Å². The molecule has 106 valence electrons. The molecule has 0 aliphatic rings. The molecule has 2 aromatic carbocycles. The van der Waals surface area contributed by atoms with E-state index in [1.165, 1.54) is 12.1 Å². The highest BCUT2D eigenvalue weighted by Gasteiger charge is 2.11. The maximum absolute atomic E-state index is 13.1. The van der Waals surface area contributed by atoms with Gasteiger partial charge in [0.2, 0.25) is 0 Å². The molecule has 0 radical (unpaired) electrons. The summed E-state index contributed by atoms with van der Waals surface area (Å²) in [6.07, 6.45) is 0. The first-order chi connectivity index (χ1) is 10.2. The molecule has 0 atom stereocenters. The van der Waals surface area contributed by atoms with Gasteiger partial charge < -0.3 is 5.73 Å². The molecular weight excluding hydrogens is 289 g/mol. The third-order valence-electron chi connectivity index (χ3n) is 3.16. The monoisotopic (exact) mass is 301 g/mol. The van der Waals surface area contributed by atoms with Crippen LogP contribution < -0.4 is 5.73 Å². The smallest absolute Gasteiger partial charge is 0.123 e. The van der Waals surface area contributed by atoms with E-state index in [-0.39, 0.29) is 5.82 Å². The lowest BCUT2D eigenvalue weighted by molar-refractivity contribution is 0.628. The lowest BCUT2D eigenvalue weighted by Crippen LogP contribution is -2.01. The van der Waals surface area contributed by atoms with Crippen molar-refractivity contribution in [3.8, 4) is 16.9 Å². The lowest BCUT2D eigenvalue weighted by atomic mass is 10.1. The fraction of sp³-hybridized carbons (Fsp3) is 0.0625. The summed E-state index contributed by atoms with van der Waals surface area (Å²) in [5.41, 5.74) is 8.98. The van der Waals surface area contributed by atoms with E-state index in [4.69, 9.17) is 17.3 Å². The third-order valence-corrected chi connectivity index (χ3v) is 3.40. The maximum Gasteiger partial charge on any atom is 0.123 e. The van der Waals surface area contributed by atoms with E-state index < -0.39 is 0 Å². The van der Waals surface area contributed by atoms with Crippen molar-refractivity contribution in [2.24, 2.45) is 5.73 Å². The van der Waals surface area contributed by atoms with Gasteiger partial charge in [-0.25, -0.2) is 9.07 Å². The highest BCUT2D eigenvalue weighted by Crippen LogP contribution is 2.25. The molecule has 5 heteroatoms. The largest absolute Gasteiger partial charge is 0.325 e. The number of rotatable bonds is 3. The molecule has 0 unspecified atom stereocenters. The SMILES string of the molecule is NCc1cc(-c2ccc(F)cc2)n(-c2cccc(Cl)c2)n1. The molecule has 0 spiro atoms. The molecule has 0 saturated carbocycles. The average molecular weight is 302 g/mol. The van der Waals surface area contributed by atoms with E-state index >= 15 is 0 Å². The number of halogens is 2. The number of nitrogens with zero attached hydrogens (tertiary/aromatic N) is 2. The Morgan fingerprint density at radius 3 is 2.52 bits per heavy atom. The van der Waals surface area contributed by atoms with Gasteiger partial charge in [0.05, 0.1) is 17.1 Å². The second-order valence-corrected chi connectivity index (χ2v) is 5.06. The third kappa shape index (κ3) is 2.82. The Bertz CT molecular complexity index is 765. The molecule has 0 saturated heterocycles. The van der Waals surface area contributed by atoms with Crippen LogP contribution in [0.5, 0.6) is 0 Å². The average Bonchev–Trinajstić information content (AvgIpc) is 2.92. The summed E-state index contributed by atoms with van der Waals surface area (Å²) in [6, 6.07) is 15.6. The van der Waals surface area contributed by atoms with Crippen LogP contribution in [-0.4, -0.2) is 9.78 Å². The molecular formula is C16H13ClFN3. The number of benzene rings is 2. The van der Waals surface area contributed by atoms with Crippen LogP contribution in [0.1, 0.15) is 5.69 Å². The Morgan fingerprint density at radius 1 is 1.10 bits per heavy atom. The number of nitrogens with two attached hydrogens (primary N) is 1. The lowest BCUT2D eigenvalue weighted by Gasteiger charge is -2.08. The zero-order valence-corrected chi connectivity index (χ0v) is 11.9. The van der Waals surface area contributed by atoms with Gasteiger partial charge in [-0.1, -0.05) is 17.7 Å². The van der Waals surface area contributed by atoms with Gasteiger partial charge in [-0.05, 0) is 48.5 Å². The fourth-order valence-corrected chi connectivity index (χ4v) is 2.35. The maximum atomic E-state index is 13.1. The van der Waals surface area contributed by atoms with Crippen LogP contribution >= 0.6 is 11.6 Å². The molecule has 0 fully saturated rings. The minimum atomic E-state index is -0.272. The normalized spacial score (nSPS) is 10.8. The van der Waals surface area contributed by atoms with Crippen molar-refractivity contribution in [1.82, 2.24) is 9.78 Å². The van der Waals surface area contributed by atoms with Gasteiger partial charge in [-0.15, -0.1) is 0 Å². The van der Waals surface area contributed by atoms with Crippen molar-refractivity contribution >= 4 is 11.6 Å². The number of aromatic nitrogens is 2. The minimum absolute atomic E-state index is 0.272. The Balaban J connectivity index is 2.16. The molecule has 0 aliphatic carbocycles. The van der Waals surface area contributed by atoms with Crippen molar-refractivity contribution < 1.29 is 4.39 Å². The molecule has 0 aliphatic heterocycles. The van der Waals surface area contributed by atoms with Gasteiger partial charge in [0.25, 0.3) is 0 Å². The summed E-state index contributed by atoms with van der Waals surface area (Å²) < 4.78 is 14.9. The Kier molecular flexibility index (Phi) is 3.73. The molecule has 0 amide bonds. The van der Waals surface area contributed by atoms with Crippen molar-refractivity contribution in [3.63, 3.8) is 0 Å². The van der Waals surface area contributed by atoms with Crippen LogP contribution in [0.4, 0.5) is 4.39 Å². The van der Waals surface area contributed by atoms with Crippen molar-refractivity contribution in [3.05, 3.63) is 71.1 Å². The topological polar surface area (TPSA) is 43.8 Å². The Hall–Kier alpha value is -2.17. The predicted octanol–water partition coefficient (Wildman–Crippen LogP) is 3.79.